The van der Waals surface area contributed by atoms with Crippen LogP contribution in [0.25, 0.3) is 0 Å². The number of carbonyl (C=O) groups is 2. The summed E-state index contributed by atoms with van der Waals surface area (Å²) in [4.78, 5) is 26.5. The first-order chi connectivity index (χ1) is 15.0. The molecule has 0 fully saturated rings. The maximum atomic E-state index is 12.6. The number of rotatable bonds is 5. The van der Waals surface area contributed by atoms with Crippen LogP contribution in [-0.4, -0.2) is 71.0 Å². The minimum absolute atomic E-state index is 0.156. The largest absolute Gasteiger partial charge is 0.454 e. The molecule has 32 heavy (non-hydrogen) atoms. The summed E-state index contributed by atoms with van der Waals surface area (Å²) >= 11 is 0. The number of sulfonamides is 2. The summed E-state index contributed by atoms with van der Waals surface area (Å²) in [7, 11) is -6.89. The van der Waals surface area contributed by atoms with Gasteiger partial charge < -0.3 is 9.64 Å². The number of carbonyl (C=O) groups excluding carboxylic acids is 2. The topological polar surface area (TPSA) is 130 Å². The summed E-state index contributed by atoms with van der Waals surface area (Å²) in [6, 6.07) is 4.76. The molecule has 0 bridgehead atoms. The van der Waals surface area contributed by atoms with Gasteiger partial charge >= 0.3 is 5.97 Å². The number of hydrogen-bond donors (Lipinski definition) is 0. The molecular formula is C20H21N3O7S2. The fraction of sp³-hybridized carbons (Fsp3) is 0.350. The van der Waals surface area contributed by atoms with E-state index in [1.807, 2.05) is 0 Å². The molecule has 0 amide bonds. The Hall–Kier alpha value is -2.99. The first-order valence-corrected chi connectivity index (χ1v) is 13.3. The van der Waals surface area contributed by atoms with Crippen LogP contribution in [0.15, 0.2) is 46.5 Å². The minimum atomic E-state index is -3.49. The van der Waals surface area contributed by atoms with Crippen molar-refractivity contribution in [3.63, 3.8) is 0 Å². The van der Waals surface area contributed by atoms with Crippen LogP contribution in [0.3, 0.4) is 0 Å². The Bertz CT molecular complexity index is 1290. The van der Waals surface area contributed by atoms with Crippen molar-refractivity contribution >= 4 is 43.3 Å². The van der Waals surface area contributed by atoms with E-state index in [4.69, 9.17) is 4.74 Å². The number of esters is 1. The molecule has 0 saturated carbocycles. The van der Waals surface area contributed by atoms with E-state index in [1.165, 1.54) is 33.6 Å². The monoisotopic (exact) mass is 479 g/mol. The lowest BCUT2D eigenvalue weighted by molar-refractivity contribution is -0.137. The van der Waals surface area contributed by atoms with Gasteiger partial charge in [-0.1, -0.05) is 0 Å². The molecule has 0 unspecified atom stereocenters. The molecular weight excluding hydrogens is 458 g/mol. The zero-order valence-electron chi connectivity index (χ0n) is 17.2. The standard InChI is InChI=1S/C20H21N3O7S2/c1-31(26,27)23-8-2-3-14-11-15(4-6-17(14)23)18(24)13-30-20(25)16-5-7-19-21-32(28,29)10-9-22(19)12-16/h4-7,11-12H,2-3,8-10,13H2,1H3. The second kappa shape index (κ2) is 8.17. The van der Waals surface area contributed by atoms with Crippen molar-refractivity contribution in [2.45, 2.75) is 12.8 Å². The second-order valence-corrected chi connectivity index (χ2v) is 11.3. The highest BCUT2D eigenvalue weighted by atomic mass is 32.2. The number of nitrogens with zero attached hydrogens (tertiary/aromatic N) is 3. The predicted octanol–water partition coefficient (Wildman–Crippen LogP) is 0.622. The smallest absolute Gasteiger partial charge is 0.340 e. The van der Waals surface area contributed by atoms with E-state index in [0.717, 1.165) is 11.8 Å². The Kier molecular flexibility index (Phi) is 5.67. The highest BCUT2D eigenvalue weighted by Gasteiger charge is 2.27. The van der Waals surface area contributed by atoms with Crippen LogP contribution in [0, 0.1) is 0 Å². The predicted molar refractivity (Wildman–Crippen MR) is 117 cm³/mol. The Labute approximate surface area is 186 Å². The summed E-state index contributed by atoms with van der Waals surface area (Å²) < 4.78 is 57.1. The van der Waals surface area contributed by atoms with Crippen LogP contribution in [0.5, 0.6) is 0 Å². The third kappa shape index (κ3) is 4.60. The number of ketones is 1. The number of benzene rings is 1. The molecule has 1 aromatic carbocycles. The van der Waals surface area contributed by atoms with Gasteiger partial charge in [-0.05, 0) is 48.8 Å². The molecule has 0 saturated heterocycles. The quantitative estimate of drug-likeness (QED) is 0.444. The molecule has 0 aromatic heterocycles. The number of fused-ring (bicyclic) bond motifs is 2. The molecule has 10 nitrogen and oxygen atoms in total. The van der Waals surface area contributed by atoms with Crippen molar-refractivity contribution in [2.75, 3.05) is 36.0 Å². The average Bonchev–Trinajstić information content (AvgIpc) is 2.74. The molecule has 12 heteroatoms. The van der Waals surface area contributed by atoms with Crippen molar-refractivity contribution in [1.29, 1.82) is 0 Å². The molecule has 3 aliphatic heterocycles. The van der Waals surface area contributed by atoms with E-state index in [1.54, 1.807) is 12.1 Å². The highest BCUT2D eigenvalue weighted by Crippen LogP contribution is 2.30. The van der Waals surface area contributed by atoms with Gasteiger partial charge in [0.25, 0.3) is 10.0 Å². The van der Waals surface area contributed by atoms with E-state index in [0.29, 0.717) is 30.6 Å². The summed E-state index contributed by atoms with van der Waals surface area (Å²) in [6.45, 7) is 0.0868. The number of amidine groups is 1. The molecule has 0 N–H and O–H groups in total. The van der Waals surface area contributed by atoms with Crippen LogP contribution >= 0.6 is 0 Å². The first-order valence-electron chi connectivity index (χ1n) is 9.84. The fourth-order valence-electron chi connectivity index (χ4n) is 3.70. The molecule has 0 radical (unpaired) electrons. The van der Waals surface area contributed by atoms with Crippen LogP contribution < -0.4 is 4.31 Å². The van der Waals surface area contributed by atoms with Gasteiger partial charge in [-0.15, -0.1) is 4.40 Å². The average molecular weight is 480 g/mol. The van der Waals surface area contributed by atoms with E-state index in [-0.39, 0.29) is 23.7 Å². The third-order valence-corrected chi connectivity index (χ3v) is 7.62. The molecule has 0 spiro atoms. The lowest BCUT2D eigenvalue weighted by atomic mass is 9.99. The lowest BCUT2D eigenvalue weighted by Gasteiger charge is -2.29. The van der Waals surface area contributed by atoms with Crippen LogP contribution in [-0.2, 0) is 36.0 Å². The molecule has 3 heterocycles. The van der Waals surface area contributed by atoms with E-state index >= 15 is 0 Å². The molecule has 170 valence electrons. The van der Waals surface area contributed by atoms with Crippen molar-refractivity contribution in [3.05, 3.63) is 53.3 Å². The zero-order valence-corrected chi connectivity index (χ0v) is 18.9. The molecule has 1 aromatic rings. The van der Waals surface area contributed by atoms with Crippen LogP contribution in [0.1, 0.15) is 22.3 Å². The number of ether oxygens (including phenoxy) is 1. The Morgan fingerprint density at radius 2 is 1.97 bits per heavy atom. The molecule has 0 atom stereocenters. The van der Waals surface area contributed by atoms with E-state index in [2.05, 4.69) is 4.40 Å². The van der Waals surface area contributed by atoms with Crippen molar-refractivity contribution in [2.24, 2.45) is 4.40 Å². The summed E-state index contributed by atoms with van der Waals surface area (Å²) in [5.74, 6) is -1.06. The lowest BCUT2D eigenvalue weighted by Crippen LogP contribution is -2.37. The van der Waals surface area contributed by atoms with Gasteiger partial charge in [0.05, 0.1) is 23.3 Å². The SMILES string of the molecule is CS(=O)(=O)N1CCCc2cc(C(=O)COC(=O)C3=CN4CCS(=O)(=O)N=C4C=C3)ccc21. The number of hydrogen-bond acceptors (Lipinski definition) is 8. The van der Waals surface area contributed by atoms with Crippen LogP contribution in [0.2, 0.25) is 0 Å². The second-order valence-electron chi connectivity index (χ2n) is 7.63. The van der Waals surface area contributed by atoms with Crippen molar-refractivity contribution < 1.29 is 31.2 Å². The van der Waals surface area contributed by atoms with Crippen molar-refractivity contribution in [3.8, 4) is 0 Å². The third-order valence-electron chi connectivity index (χ3n) is 5.27. The zero-order chi connectivity index (χ0) is 23.1. The fourth-order valence-corrected chi connectivity index (χ4v) is 5.67. The number of anilines is 1. The van der Waals surface area contributed by atoms with Gasteiger partial charge in [-0.3, -0.25) is 9.10 Å². The Morgan fingerprint density at radius 1 is 1.19 bits per heavy atom. The van der Waals surface area contributed by atoms with Gasteiger partial charge in [0.15, 0.2) is 12.4 Å². The number of Topliss-reactive ketones (excluding diaryl/α,β-unsaturated/α-hetero) is 1. The highest BCUT2D eigenvalue weighted by molar-refractivity contribution is 7.92. The summed E-state index contributed by atoms with van der Waals surface area (Å²) in [6.07, 6.45) is 6.69. The maximum Gasteiger partial charge on any atom is 0.340 e. The minimum Gasteiger partial charge on any atom is -0.454 e. The summed E-state index contributed by atoms with van der Waals surface area (Å²) in [5, 5.41) is 0. The van der Waals surface area contributed by atoms with Gasteiger partial charge in [-0.2, -0.15) is 0 Å². The molecule has 3 aliphatic rings. The Morgan fingerprint density at radius 3 is 2.72 bits per heavy atom. The molecule has 0 aliphatic carbocycles. The van der Waals surface area contributed by atoms with E-state index < -0.39 is 38.4 Å². The van der Waals surface area contributed by atoms with E-state index in [9.17, 15) is 26.4 Å². The molecule has 4 rings (SSSR count). The first kappa shape index (κ1) is 22.2. The number of aryl methyl sites for hydroxylation is 1. The van der Waals surface area contributed by atoms with Gasteiger partial charge in [0, 0.05) is 24.9 Å². The van der Waals surface area contributed by atoms with Crippen LogP contribution in [0.4, 0.5) is 5.69 Å². The Balaban J connectivity index is 1.42. The van der Waals surface area contributed by atoms with Gasteiger partial charge in [-0.25, -0.2) is 21.6 Å². The normalized spacial score (nSPS) is 19.4. The van der Waals surface area contributed by atoms with Crippen molar-refractivity contribution in [1.82, 2.24) is 4.90 Å². The maximum absolute atomic E-state index is 12.6. The van der Waals surface area contributed by atoms with Gasteiger partial charge in [0.1, 0.15) is 5.84 Å². The van der Waals surface area contributed by atoms with Gasteiger partial charge in [0.2, 0.25) is 10.0 Å². The summed E-state index contributed by atoms with van der Waals surface area (Å²) in [5.41, 5.74) is 1.82.